The number of amides is 2. The van der Waals surface area contributed by atoms with Gasteiger partial charge in [-0.2, -0.15) is 5.10 Å². The van der Waals surface area contributed by atoms with E-state index in [2.05, 4.69) is 16.0 Å². The molecule has 2 N–H and O–H groups in total. The first-order valence-corrected chi connectivity index (χ1v) is 10.2. The Kier molecular flexibility index (Phi) is 6.27. The summed E-state index contributed by atoms with van der Waals surface area (Å²) in [6.07, 6.45) is 1.65. The van der Waals surface area contributed by atoms with Gasteiger partial charge in [0.05, 0.1) is 17.9 Å². The molecule has 0 atom stereocenters. The van der Waals surface area contributed by atoms with Gasteiger partial charge in [0.15, 0.2) is 0 Å². The van der Waals surface area contributed by atoms with E-state index in [0.717, 1.165) is 11.3 Å². The standard InChI is InChI=1S/C25H22N4O3/c1-2-32-21-15-9-12-19(16-21)24(30)26-27-25(31)22-17-29(20-13-7-4-8-14-20)28-23(22)18-10-5-3-6-11-18/h3-17H,2H2,1H3,(H,26,30)(H,27,31). The summed E-state index contributed by atoms with van der Waals surface area (Å²) in [5.41, 5.74) is 7.79. The monoisotopic (exact) mass is 426 g/mol. The third-order valence-corrected chi connectivity index (χ3v) is 4.72. The van der Waals surface area contributed by atoms with Gasteiger partial charge < -0.3 is 4.74 Å². The second kappa shape index (κ2) is 9.61. The molecule has 0 aliphatic carbocycles. The highest BCUT2D eigenvalue weighted by atomic mass is 16.5. The van der Waals surface area contributed by atoms with Crippen molar-refractivity contribution in [1.29, 1.82) is 0 Å². The largest absolute Gasteiger partial charge is 0.494 e. The van der Waals surface area contributed by atoms with Crippen LogP contribution in [0.4, 0.5) is 0 Å². The Morgan fingerprint density at radius 2 is 1.56 bits per heavy atom. The van der Waals surface area contributed by atoms with Gasteiger partial charge in [0.2, 0.25) is 0 Å². The van der Waals surface area contributed by atoms with Crippen LogP contribution in [0.1, 0.15) is 27.6 Å². The van der Waals surface area contributed by atoms with Crippen molar-refractivity contribution in [1.82, 2.24) is 20.6 Å². The third-order valence-electron chi connectivity index (χ3n) is 4.72. The highest BCUT2D eigenvalue weighted by Gasteiger charge is 2.19. The quantitative estimate of drug-likeness (QED) is 0.456. The van der Waals surface area contributed by atoms with E-state index in [1.165, 1.54) is 0 Å². The topological polar surface area (TPSA) is 85.3 Å². The molecule has 0 aliphatic rings. The van der Waals surface area contributed by atoms with E-state index >= 15 is 0 Å². The number of carbonyl (C=O) groups excluding carboxylic acids is 2. The summed E-state index contributed by atoms with van der Waals surface area (Å²) < 4.78 is 7.07. The number of aromatic nitrogens is 2. The van der Waals surface area contributed by atoms with Gasteiger partial charge in [0.1, 0.15) is 11.4 Å². The van der Waals surface area contributed by atoms with Crippen molar-refractivity contribution in [3.63, 3.8) is 0 Å². The molecule has 7 nitrogen and oxygen atoms in total. The van der Waals surface area contributed by atoms with Crippen molar-refractivity contribution in [2.75, 3.05) is 6.61 Å². The van der Waals surface area contributed by atoms with E-state index in [0.29, 0.717) is 29.2 Å². The first kappa shape index (κ1) is 20.9. The Bertz CT molecular complexity index is 1220. The van der Waals surface area contributed by atoms with Crippen molar-refractivity contribution < 1.29 is 14.3 Å². The van der Waals surface area contributed by atoms with Crippen molar-refractivity contribution in [2.24, 2.45) is 0 Å². The molecular weight excluding hydrogens is 404 g/mol. The lowest BCUT2D eigenvalue weighted by atomic mass is 10.1. The number of hydrogen-bond acceptors (Lipinski definition) is 4. The molecule has 1 heterocycles. The number of hydrazine groups is 1. The molecule has 0 spiro atoms. The number of para-hydroxylation sites is 1. The van der Waals surface area contributed by atoms with Crippen LogP contribution in [-0.4, -0.2) is 28.2 Å². The number of nitrogens with one attached hydrogen (secondary N) is 2. The molecule has 1 aromatic heterocycles. The summed E-state index contributed by atoms with van der Waals surface area (Å²) in [4.78, 5) is 25.5. The van der Waals surface area contributed by atoms with Gasteiger partial charge in [-0.05, 0) is 37.3 Å². The van der Waals surface area contributed by atoms with E-state index in [4.69, 9.17) is 4.74 Å². The molecular formula is C25H22N4O3. The summed E-state index contributed by atoms with van der Waals surface area (Å²) in [7, 11) is 0. The summed E-state index contributed by atoms with van der Waals surface area (Å²) in [6.45, 7) is 2.36. The Labute approximate surface area is 185 Å². The lowest BCUT2D eigenvalue weighted by Crippen LogP contribution is -2.41. The van der Waals surface area contributed by atoms with Crippen LogP contribution in [0.2, 0.25) is 0 Å². The van der Waals surface area contributed by atoms with Gasteiger partial charge in [-0.15, -0.1) is 0 Å². The zero-order chi connectivity index (χ0) is 22.3. The highest BCUT2D eigenvalue weighted by molar-refractivity contribution is 6.02. The van der Waals surface area contributed by atoms with Crippen molar-refractivity contribution in [2.45, 2.75) is 6.92 Å². The van der Waals surface area contributed by atoms with Crippen LogP contribution >= 0.6 is 0 Å². The number of ether oxygens (including phenoxy) is 1. The maximum atomic E-state index is 13.0. The molecule has 3 aromatic carbocycles. The smallest absolute Gasteiger partial charge is 0.273 e. The number of rotatable bonds is 6. The van der Waals surface area contributed by atoms with Crippen molar-refractivity contribution >= 4 is 11.8 Å². The second-order valence-electron chi connectivity index (χ2n) is 6.91. The predicted molar refractivity (Wildman–Crippen MR) is 122 cm³/mol. The number of hydrogen-bond donors (Lipinski definition) is 2. The van der Waals surface area contributed by atoms with Crippen LogP contribution in [0, 0.1) is 0 Å². The number of nitrogens with zero attached hydrogens (tertiary/aromatic N) is 2. The molecule has 0 saturated heterocycles. The SMILES string of the molecule is CCOc1cccc(C(=O)NNC(=O)c2cn(-c3ccccc3)nc2-c2ccccc2)c1. The maximum absolute atomic E-state index is 13.0. The Hall–Kier alpha value is -4.39. The average molecular weight is 426 g/mol. The van der Waals surface area contributed by atoms with E-state index < -0.39 is 11.8 Å². The lowest BCUT2D eigenvalue weighted by Gasteiger charge is -2.09. The zero-order valence-electron chi connectivity index (χ0n) is 17.5. The summed E-state index contributed by atoms with van der Waals surface area (Å²) in [5.74, 6) is -0.334. The van der Waals surface area contributed by atoms with Gasteiger partial charge in [-0.1, -0.05) is 54.6 Å². The van der Waals surface area contributed by atoms with E-state index in [-0.39, 0.29) is 0 Å². The molecule has 4 rings (SSSR count). The minimum absolute atomic E-state index is 0.337. The molecule has 2 amide bonds. The molecule has 0 unspecified atom stereocenters. The Morgan fingerprint density at radius 1 is 0.875 bits per heavy atom. The Balaban J connectivity index is 1.57. The van der Waals surface area contributed by atoms with Gasteiger partial charge in [0, 0.05) is 17.3 Å². The van der Waals surface area contributed by atoms with Gasteiger partial charge in [-0.3, -0.25) is 20.4 Å². The van der Waals surface area contributed by atoms with E-state index in [1.54, 1.807) is 35.1 Å². The van der Waals surface area contributed by atoms with Crippen LogP contribution in [0.15, 0.2) is 91.1 Å². The van der Waals surface area contributed by atoms with Crippen LogP contribution in [0.3, 0.4) is 0 Å². The summed E-state index contributed by atoms with van der Waals surface area (Å²) in [6, 6.07) is 25.7. The highest BCUT2D eigenvalue weighted by Crippen LogP contribution is 2.23. The summed E-state index contributed by atoms with van der Waals surface area (Å²) in [5, 5.41) is 4.62. The molecule has 0 aliphatic heterocycles. The molecule has 0 saturated carbocycles. The minimum atomic E-state index is -0.472. The molecule has 0 bridgehead atoms. The molecule has 32 heavy (non-hydrogen) atoms. The van der Waals surface area contributed by atoms with Crippen LogP contribution in [0.25, 0.3) is 16.9 Å². The third kappa shape index (κ3) is 4.67. The Morgan fingerprint density at radius 3 is 2.28 bits per heavy atom. The molecule has 160 valence electrons. The number of benzene rings is 3. The lowest BCUT2D eigenvalue weighted by molar-refractivity contribution is 0.0847. The fourth-order valence-corrected chi connectivity index (χ4v) is 3.21. The van der Waals surface area contributed by atoms with Gasteiger partial charge >= 0.3 is 0 Å². The van der Waals surface area contributed by atoms with Gasteiger partial charge in [-0.25, -0.2) is 4.68 Å². The van der Waals surface area contributed by atoms with Crippen LogP contribution in [-0.2, 0) is 0 Å². The van der Waals surface area contributed by atoms with E-state index in [9.17, 15) is 9.59 Å². The first-order chi connectivity index (χ1) is 15.7. The number of carbonyl (C=O) groups is 2. The second-order valence-corrected chi connectivity index (χ2v) is 6.91. The van der Waals surface area contributed by atoms with Crippen molar-refractivity contribution in [3.8, 4) is 22.7 Å². The predicted octanol–water partition coefficient (Wildman–Crippen LogP) is 4.01. The zero-order valence-corrected chi connectivity index (χ0v) is 17.5. The van der Waals surface area contributed by atoms with E-state index in [1.807, 2.05) is 67.6 Å². The average Bonchev–Trinajstić information content (AvgIpc) is 3.30. The molecule has 4 aromatic rings. The minimum Gasteiger partial charge on any atom is -0.494 e. The van der Waals surface area contributed by atoms with Crippen LogP contribution < -0.4 is 15.6 Å². The molecule has 0 radical (unpaired) electrons. The molecule has 0 fully saturated rings. The van der Waals surface area contributed by atoms with Crippen LogP contribution in [0.5, 0.6) is 5.75 Å². The van der Waals surface area contributed by atoms with Crippen molar-refractivity contribution in [3.05, 3.63) is 102 Å². The molecule has 7 heteroatoms. The summed E-state index contributed by atoms with van der Waals surface area (Å²) >= 11 is 0. The first-order valence-electron chi connectivity index (χ1n) is 10.2. The fraction of sp³-hybridized carbons (Fsp3) is 0.0800. The fourth-order valence-electron chi connectivity index (χ4n) is 3.21. The van der Waals surface area contributed by atoms with Gasteiger partial charge in [0.25, 0.3) is 11.8 Å². The maximum Gasteiger partial charge on any atom is 0.273 e. The normalized spacial score (nSPS) is 10.4.